The van der Waals surface area contributed by atoms with E-state index >= 15 is 0 Å². The van der Waals surface area contributed by atoms with Gasteiger partial charge >= 0.3 is 0 Å². The molecular weight excluding hydrogens is 444 g/mol. The zero-order chi connectivity index (χ0) is 23.7. The van der Waals surface area contributed by atoms with Crippen LogP contribution in [-0.2, 0) is 4.79 Å². The van der Waals surface area contributed by atoms with Crippen LogP contribution in [0, 0.1) is 0 Å². The average molecular weight is 469 g/mol. The van der Waals surface area contributed by atoms with Gasteiger partial charge in [0.2, 0.25) is 5.91 Å². The number of likely N-dealkylation sites (N-methyl/N-ethyl adjacent to an activating group) is 1. The maximum Gasteiger partial charge on any atom is 0.262 e. The zero-order valence-corrected chi connectivity index (χ0v) is 19.6. The number of thiazole rings is 1. The molecule has 0 aliphatic carbocycles. The highest BCUT2D eigenvalue weighted by atomic mass is 32.1. The number of imide groups is 1. The maximum atomic E-state index is 13.4. The number of aromatic nitrogens is 1. The van der Waals surface area contributed by atoms with Gasteiger partial charge in [0.15, 0.2) is 16.6 Å². The quantitative estimate of drug-likeness (QED) is 0.469. The van der Waals surface area contributed by atoms with Crippen LogP contribution in [0.2, 0.25) is 0 Å². The van der Waals surface area contributed by atoms with E-state index in [1.54, 1.807) is 44.6 Å². The molecule has 0 unspecified atom stereocenters. The lowest BCUT2D eigenvalue weighted by molar-refractivity contribution is -0.119. The predicted octanol–water partition coefficient (Wildman–Crippen LogP) is 2.50. The number of ether oxygens (including phenoxy) is 2. The van der Waals surface area contributed by atoms with Gasteiger partial charge in [-0.2, -0.15) is 0 Å². The van der Waals surface area contributed by atoms with Gasteiger partial charge in [0, 0.05) is 25.2 Å². The van der Waals surface area contributed by atoms with Crippen LogP contribution in [0.25, 0.3) is 10.2 Å². The summed E-state index contributed by atoms with van der Waals surface area (Å²) in [5, 5.41) is 0.476. The summed E-state index contributed by atoms with van der Waals surface area (Å²) in [5.41, 5.74) is 1.29. The first-order chi connectivity index (χ1) is 15.8. The first-order valence-electron chi connectivity index (χ1n) is 10.3. The highest BCUT2D eigenvalue weighted by Crippen LogP contribution is 2.37. The van der Waals surface area contributed by atoms with Crippen molar-refractivity contribution in [2.75, 3.05) is 52.8 Å². The number of anilines is 1. The van der Waals surface area contributed by atoms with Crippen LogP contribution in [0.15, 0.2) is 36.4 Å². The Bertz CT molecular complexity index is 1160. The molecule has 2 heterocycles. The van der Waals surface area contributed by atoms with E-state index in [0.717, 1.165) is 9.60 Å². The second-order valence-electron chi connectivity index (χ2n) is 7.76. The van der Waals surface area contributed by atoms with Gasteiger partial charge in [0.05, 0.1) is 35.6 Å². The fourth-order valence-corrected chi connectivity index (χ4v) is 4.61. The number of nitrogens with zero attached hydrogens (tertiary/aromatic N) is 4. The van der Waals surface area contributed by atoms with Crippen LogP contribution in [-0.4, -0.2) is 80.5 Å². The number of carbonyl (C=O) groups is 3. The van der Waals surface area contributed by atoms with Crippen molar-refractivity contribution in [1.82, 2.24) is 14.8 Å². The van der Waals surface area contributed by atoms with E-state index in [2.05, 4.69) is 4.98 Å². The summed E-state index contributed by atoms with van der Waals surface area (Å²) < 4.78 is 11.5. The number of methoxy groups -OCH3 is 2. The van der Waals surface area contributed by atoms with Gasteiger partial charge in [-0.25, -0.2) is 4.98 Å². The summed E-state index contributed by atoms with van der Waals surface area (Å²) in [6.07, 6.45) is 0. The Morgan fingerprint density at radius 1 is 1.00 bits per heavy atom. The van der Waals surface area contributed by atoms with Crippen molar-refractivity contribution in [2.45, 2.75) is 0 Å². The molecule has 4 rings (SSSR count). The monoisotopic (exact) mass is 468 g/mol. The second-order valence-corrected chi connectivity index (χ2v) is 8.77. The van der Waals surface area contributed by atoms with Gasteiger partial charge in [-0.15, -0.1) is 0 Å². The lowest BCUT2D eigenvalue weighted by Gasteiger charge is -2.24. The third kappa shape index (κ3) is 4.27. The molecule has 2 aromatic carbocycles. The third-order valence-electron chi connectivity index (χ3n) is 5.36. The van der Waals surface area contributed by atoms with Crippen molar-refractivity contribution in [3.05, 3.63) is 47.5 Å². The minimum Gasteiger partial charge on any atom is -0.493 e. The number of amides is 3. The molecule has 33 heavy (non-hydrogen) atoms. The molecule has 1 aliphatic rings. The van der Waals surface area contributed by atoms with E-state index in [1.807, 2.05) is 25.1 Å². The molecule has 9 nitrogen and oxygen atoms in total. The molecular formula is C23H24N4O5S. The van der Waals surface area contributed by atoms with Crippen molar-refractivity contribution in [3.63, 3.8) is 0 Å². The minimum absolute atomic E-state index is 0.314. The van der Waals surface area contributed by atoms with Crippen LogP contribution in [0.5, 0.6) is 11.5 Å². The molecule has 0 saturated heterocycles. The van der Waals surface area contributed by atoms with Gasteiger partial charge in [0.25, 0.3) is 11.8 Å². The topological polar surface area (TPSA) is 92.3 Å². The molecule has 0 bridgehead atoms. The Balaban J connectivity index is 1.64. The van der Waals surface area contributed by atoms with E-state index in [1.165, 1.54) is 16.2 Å². The lowest BCUT2D eigenvalue weighted by atomic mass is 10.1. The lowest BCUT2D eigenvalue weighted by Crippen LogP contribution is -2.45. The molecule has 0 saturated carbocycles. The SMILES string of the molecule is COc1cc2nc(N(CCN(C)C)C(=O)CN3C(=O)c4ccccc4C3=O)sc2cc1OC. The van der Waals surface area contributed by atoms with Gasteiger partial charge in [-0.1, -0.05) is 23.5 Å². The molecule has 3 amide bonds. The smallest absolute Gasteiger partial charge is 0.262 e. The number of benzene rings is 2. The molecule has 1 aliphatic heterocycles. The van der Waals surface area contributed by atoms with E-state index < -0.39 is 11.8 Å². The summed E-state index contributed by atoms with van der Waals surface area (Å²) >= 11 is 1.33. The minimum atomic E-state index is -0.463. The fourth-order valence-electron chi connectivity index (χ4n) is 3.59. The first-order valence-corrected chi connectivity index (χ1v) is 11.1. The number of hydrogen-bond acceptors (Lipinski definition) is 8. The van der Waals surface area contributed by atoms with Crippen LogP contribution in [0.1, 0.15) is 20.7 Å². The summed E-state index contributed by atoms with van der Waals surface area (Å²) in [4.78, 5) is 47.9. The fraction of sp³-hybridized carbons (Fsp3) is 0.304. The van der Waals surface area contributed by atoms with Crippen LogP contribution >= 0.6 is 11.3 Å². The Morgan fingerprint density at radius 2 is 1.61 bits per heavy atom. The molecule has 0 radical (unpaired) electrons. The largest absolute Gasteiger partial charge is 0.493 e. The van der Waals surface area contributed by atoms with Gasteiger partial charge in [-0.3, -0.25) is 24.2 Å². The molecule has 0 spiro atoms. The second kappa shape index (κ2) is 9.16. The Hall–Kier alpha value is -3.50. The molecule has 0 N–H and O–H groups in total. The summed E-state index contributed by atoms with van der Waals surface area (Å²) in [5.74, 6) is -0.202. The first kappa shape index (κ1) is 22.7. The summed E-state index contributed by atoms with van der Waals surface area (Å²) in [6.45, 7) is 0.571. The summed E-state index contributed by atoms with van der Waals surface area (Å²) in [6, 6.07) is 10.2. The standard InChI is InChI=1S/C23H24N4O5S/c1-25(2)9-10-26(23-24-16-11-17(31-3)18(32-4)12-19(16)33-23)20(28)13-27-21(29)14-7-5-6-8-15(14)22(27)30/h5-8,11-12H,9-10,13H2,1-4H3. The van der Waals surface area contributed by atoms with Crippen molar-refractivity contribution < 1.29 is 23.9 Å². The van der Waals surface area contributed by atoms with Gasteiger partial charge in [-0.05, 0) is 26.2 Å². The molecule has 10 heteroatoms. The third-order valence-corrected chi connectivity index (χ3v) is 6.40. The van der Waals surface area contributed by atoms with Crippen LogP contribution in [0.4, 0.5) is 5.13 Å². The number of fused-ring (bicyclic) bond motifs is 2. The van der Waals surface area contributed by atoms with Crippen molar-refractivity contribution in [2.24, 2.45) is 0 Å². The molecule has 172 valence electrons. The van der Waals surface area contributed by atoms with Crippen molar-refractivity contribution in [1.29, 1.82) is 0 Å². The van der Waals surface area contributed by atoms with E-state index in [0.29, 0.717) is 46.4 Å². The Labute approximate surface area is 195 Å². The summed E-state index contributed by atoms with van der Waals surface area (Å²) in [7, 11) is 6.91. The van der Waals surface area contributed by atoms with Crippen molar-refractivity contribution >= 4 is 44.4 Å². The number of rotatable bonds is 8. The van der Waals surface area contributed by atoms with E-state index in [9.17, 15) is 14.4 Å². The molecule has 0 atom stereocenters. The molecule has 3 aromatic rings. The highest BCUT2D eigenvalue weighted by Gasteiger charge is 2.37. The number of hydrogen-bond donors (Lipinski definition) is 0. The predicted molar refractivity (Wildman–Crippen MR) is 125 cm³/mol. The van der Waals surface area contributed by atoms with E-state index in [4.69, 9.17) is 9.47 Å². The van der Waals surface area contributed by atoms with E-state index in [-0.39, 0.29) is 12.5 Å². The number of carbonyl (C=O) groups excluding carboxylic acids is 3. The average Bonchev–Trinajstić information content (AvgIpc) is 3.32. The maximum absolute atomic E-state index is 13.4. The Kier molecular flexibility index (Phi) is 6.30. The molecule has 0 fully saturated rings. The van der Waals surface area contributed by atoms with Crippen LogP contribution in [0.3, 0.4) is 0 Å². The highest BCUT2D eigenvalue weighted by molar-refractivity contribution is 7.22. The zero-order valence-electron chi connectivity index (χ0n) is 18.8. The van der Waals surface area contributed by atoms with Crippen LogP contribution < -0.4 is 14.4 Å². The van der Waals surface area contributed by atoms with Crippen molar-refractivity contribution in [3.8, 4) is 11.5 Å². The van der Waals surface area contributed by atoms with Gasteiger partial charge < -0.3 is 14.4 Å². The Morgan fingerprint density at radius 3 is 2.18 bits per heavy atom. The molecule has 1 aromatic heterocycles. The van der Waals surface area contributed by atoms with Gasteiger partial charge in [0.1, 0.15) is 6.54 Å². The normalized spacial score (nSPS) is 13.1.